The number of thioether (sulfide) groups is 1. The number of nitrogens with two attached hydrogens (primary N) is 1. The maximum Gasteiger partial charge on any atom is 0.488 e. The molecule has 0 bridgehead atoms. The molecule has 1 aromatic carbocycles. The fraction of sp³-hybridized carbons (Fsp3) is 0.300. The van der Waals surface area contributed by atoms with Gasteiger partial charge in [-0.05, 0) is 24.0 Å². The van der Waals surface area contributed by atoms with E-state index in [0.717, 1.165) is 16.3 Å². The Morgan fingerprint density at radius 1 is 1.11 bits per heavy atom. The van der Waals surface area contributed by atoms with Crippen LogP contribution in [0.3, 0.4) is 0 Å². The van der Waals surface area contributed by atoms with Gasteiger partial charge in [0.15, 0.2) is 5.88 Å². The lowest BCUT2D eigenvalue weighted by molar-refractivity contribution is -0.139. The van der Waals surface area contributed by atoms with Crippen molar-refractivity contribution in [2.45, 2.75) is 29.8 Å². The largest absolute Gasteiger partial charge is 0.494 e. The van der Waals surface area contributed by atoms with E-state index in [1.807, 2.05) is 0 Å². The lowest BCUT2D eigenvalue weighted by Gasteiger charge is -2.18. The van der Waals surface area contributed by atoms with Crippen LogP contribution in [0.25, 0.3) is 5.69 Å². The van der Waals surface area contributed by atoms with E-state index in [1.165, 1.54) is 30.3 Å². The van der Waals surface area contributed by atoms with Gasteiger partial charge in [-0.15, -0.1) is 11.8 Å². The van der Waals surface area contributed by atoms with E-state index in [2.05, 4.69) is 10.6 Å². The van der Waals surface area contributed by atoms with Crippen molar-refractivity contribution in [2.24, 2.45) is 5.73 Å². The third-order valence-corrected chi connectivity index (χ3v) is 5.93. The zero-order valence-electron chi connectivity index (χ0n) is 18.7. The number of nitrogens with zero attached hydrogens (tertiary/aromatic N) is 1. The zero-order valence-corrected chi connectivity index (χ0v) is 19.5. The maximum absolute atomic E-state index is 12.4. The van der Waals surface area contributed by atoms with Crippen LogP contribution in [0.1, 0.15) is 12.8 Å². The molecule has 2 rings (SSSR count). The molecule has 1 aromatic heterocycles. The Balaban J connectivity index is 2.18. The van der Waals surface area contributed by atoms with Crippen molar-refractivity contribution in [1.82, 2.24) is 15.2 Å². The number of hydrogen-bond acceptors (Lipinski definition) is 10. The summed E-state index contributed by atoms with van der Waals surface area (Å²) in [7, 11) is -1.78. The van der Waals surface area contributed by atoms with Gasteiger partial charge in [-0.1, -0.05) is 12.1 Å². The summed E-state index contributed by atoms with van der Waals surface area (Å²) in [4.78, 5) is 46.4. The first-order valence-corrected chi connectivity index (χ1v) is 11.4. The van der Waals surface area contributed by atoms with Crippen molar-refractivity contribution in [3.05, 3.63) is 30.3 Å². The first-order valence-electron chi connectivity index (χ1n) is 10.4. The lowest BCUT2D eigenvalue weighted by atomic mass is 9.80. The highest BCUT2D eigenvalue weighted by Gasteiger charge is 2.25. The Kier molecular flexibility index (Phi) is 10.2. The zero-order chi connectivity index (χ0) is 27.0. The van der Waals surface area contributed by atoms with Gasteiger partial charge in [-0.25, -0.2) is 0 Å². The highest BCUT2D eigenvalue weighted by molar-refractivity contribution is 7.99. The first kappa shape index (κ1) is 28.5. The van der Waals surface area contributed by atoms with Gasteiger partial charge in [-0.2, -0.15) is 0 Å². The van der Waals surface area contributed by atoms with Gasteiger partial charge in [-0.3, -0.25) is 23.7 Å². The molecule has 2 atom stereocenters. The van der Waals surface area contributed by atoms with Crippen LogP contribution in [0.4, 0.5) is 0 Å². The van der Waals surface area contributed by atoms with Crippen molar-refractivity contribution in [2.75, 3.05) is 12.3 Å². The fourth-order valence-electron chi connectivity index (χ4n) is 2.97. The van der Waals surface area contributed by atoms with Gasteiger partial charge in [0.25, 0.3) is 0 Å². The predicted molar refractivity (Wildman–Crippen MR) is 127 cm³/mol. The van der Waals surface area contributed by atoms with Crippen LogP contribution in [0, 0.1) is 0 Å². The number of carboxylic acids is 2. The van der Waals surface area contributed by atoms with Gasteiger partial charge in [0, 0.05) is 18.2 Å². The minimum atomic E-state index is -1.78. The smallest absolute Gasteiger partial charge is 0.488 e. The van der Waals surface area contributed by atoms with E-state index in [9.17, 15) is 39.4 Å². The van der Waals surface area contributed by atoms with Crippen molar-refractivity contribution < 1.29 is 49.7 Å². The van der Waals surface area contributed by atoms with E-state index in [-0.39, 0.29) is 34.6 Å². The van der Waals surface area contributed by atoms with E-state index < -0.39 is 61.3 Å². The summed E-state index contributed by atoms with van der Waals surface area (Å²) >= 11 is 0.858. The Morgan fingerprint density at radius 3 is 2.42 bits per heavy atom. The lowest BCUT2D eigenvalue weighted by Crippen LogP contribution is -2.49. The average molecular weight is 524 g/mol. The molecule has 0 aliphatic rings. The number of carboxylic acid groups (broad SMARTS) is 2. The molecule has 2 unspecified atom stereocenters. The monoisotopic (exact) mass is 524 g/mol. The van der Waals surface area contributed by atoms with Gasteiger partial charge in [0.05, 0.1) is 10.6 Å². The summed E-state index contributed by atoms with van der Waals surface area (Å²) in [6.45, 7) is -0.713. The molecular weight excluding hydrogens is 499 g/mol. The highest BCUT2D eigenvalue weighted by atomic mass is 32.2. The number of aliphatic carboxylic acids is 2. The second kappa shape index (κ2) is 12.8. The second-order valence-corrected chi connectivity index (χ2v) is 8.58. The highest BCUT2D eigenvalue weighted by Crippen LogP contribution is 2.38. The topological polar surface area (TPSA) is 245 Å². The molecule has 0 radical (unpaired) electrons. The molecule has 0 aliphatic carbocycles. The molecule has 0 spiro atoms. The van der Waals surface area contributed by atoms with E-state index in [0.29, 0.717) is 0 Å². The minimum absolute atomic E-state index is 0.0978. The third-order valence-electron chi connectivity index (χ3n) is 4.82. The van der Waals surface area contributed by atoms with Crippen LogP contribution in [-0.4, -0.2) is 90.3 Å². The van der Waals surface area contributed by atoms with Gasteiger partial charge in [0.1, 0.15) is 18.6 Å². The van der Waals surface area contributed by atoms with Crippen molar-refractivity contribution >= 4 is 48.1 Å². The molecule has 2 amide bonds. The Morgan fingerprint density at radius 2 is 1.81 bits per heavy atom. The van der Waals surface area contributed by atoms with Crippen LogP contribution in [0.2, 0.25) is 0 Å². The summed E-state index contributed by atoms with van der Waals surface area (Å²) in [5, 5.41) is 61.8. The molecule has 0 saturated carbocycles. The molecule has 36 heavy (non-hydrogen) atoms. The van der Waals surface area contributed by atoms with Gasteiger partial charge in [0.2, 0.25) is 17.7 Å². The number of carbonyl (C=O) groups is 4. The summed E-state index contributed by atoms with van der Waals surface area (Å²) in [6.07, 6.45) is -0.507. The standard InChI is InChI=1S/C20H25BN4O10S/c22-12(20(32)33)4-5-15(26)24-13(18(30)23-8-17(28)29)9-36-14-7-16(27)25(19(14)31)11-3-1-2-10(6-11)21(34)35/h1-3,6-7,12-13,27,31,34-35H,4-5,8-9,22H2,(H,23,30)(H,24,26)(H,28,29)(H,32,33). The molecule has 194 valence electrons. The summed E-state index contributed by atoms with van der Waals surface area (Å²) in [5.41, 5.74) is 5.68. The number of aromatic nitrogens is 1. The number of carbonyl (C=O) groups excluding carboxylic acids is 2. The number of benzene rings is 1. The molecule has 0 aliphatic heterocycles. The average Bonchev–Trinajstić information content (AvgIpc) is 3.11. The molecule has 0 fully saturated rings. The number of amides is 2. The molecular formula is C20H25BN4O10S. The molecule has 14 nitrogen and oxygen atoms in total. The molecule has 16 heteroatoms. The van der Waals surface area contributed by atoms with Crippen LogP contribution >= 0.6 is 11.8 Å². The van der Waals surface area contributed by atoms with Crippen LogP contribution in [0.5, 0.6) is 11.8 Å². The molecule has 10 N–H and O–H groups in total. The summed E-state index contributed by atoms with van der Waals surface area (Å²) < 4.78 is 1.01. The summed E-state index contributed by atoms with van der Waals surface area (Å²) in [5.74, 6) is -5.20. The van der Waals surface area contributed by atoms with Gasteiger partial charge >= 0.3 is 19.1 Å². The normalized spacial score (nSPS) is 12.4. The predicted octanol–water partition coefficient (Wildman–Crippen LogP) is -2.46. The molecule has 2 aromatic rings. The summed E-state index contributed by atoms with van der Waals surface area (Å²) in [6, 6.07) is 4.34. The number of hydrogen-bond donors (Lipinski definition) is 9. The van der Waals surface area contributed by atoms with Crippen LogP contribution in [0.15, 0.2) is 35.2 Å². The van der Waals surface area contributed by atoms with Crippen molar-refractivity contribution in [1.29, 1.82) is 0 Å². The second-order valence-electron chi connectivity index (χ2n) is 7.52. The number of aromatic hydroxyl groups is 2. The van der Waals surface area contributed by atoms with E-state index in [4.69, 9.17) is 15.9 Å². The van der Waals surface area contributed by atoms with E-state index in [1.54, 1.807) is 0 Å². The van der Waals surface area contributed by atoms with Crippen molar-refractivity contribution in [3.63, 3.8) is 0 Å². The Bertz CT molecular complexity index is 1130. The maximum atomic E-state index is 12.4. The Labute approximate surface area is 208 Å². The van der Waals surface area contributed by atoms with Crippen LogP contribution in [-0.2, 0) is 19.2 Å². The van der Waals surface area contributed by atoms with Crippen LogP contribution < -0.4 is 21.8 Å². The van der Waals surface area contributed by atoms with Gasteiger partial charge < -0.3 is 46.8 Å². The minimum Gasteiger partial charge on any atom is -0.494 e. The fourth-order valence-corrected chi connectivity index (χ4v) is 3.96. The third kappa shape index (κ3) is 7.91. The first-order chi connectivity index (χ1) is 16.9. The van der Waals surface area contributed by atoms with Crippen molar-refractivity contribution in [3.8, 4) is 17.4 Å². The number of rotatable bonds is 13. The van der Waals surface area contributed by atoms with E-state index >= 15 is 0 Å². The molecule has 1 heterocycles. The number of nitrogens with one attached hydrogen (secondary N) is 2. The Hall–Kier alpha value is -3.73. The molecule has 0 saturated heterocycles. The quantitative estimate of drug-likeness (QED) is 0.0978. The SMILES string of the molecule is NC(CCC(=O)NC(CSc1cc(O)n(-c2cccc(B(O)O)c2)c1O)C(=O)NCC(=O)O)C(=O)O.